The second-order valence-electron chi connectivity index (χ2n) is 6.25. The highest BCUT2D eigenvalue weighted by Gasteiger charge is 2.26. The fourth-order valence-corrected chi connectivity index (χ4v) is 2.71. The van der Waals surface area contributed by atoms with Gasteiger partial charge in [-0.3, -0.25) is 0 Å². The molecule has 3 heteroatoms. The van der Waals surface area contributed by atoms with Crippen molar-refractivity contribution < 1.29 is 9.13 Å². The van der Waals surface area contributed by atoms with Crippen molar-refractivity contribution in [2.45, 2.75) is 52.1 Å². The van der Waals surface area contributed by atoms with E-state index < -0.39 is 0 Å². The summed E-state index contributed by atoms with van der Waals surface area (Å²) in [5.74, 6) is 0.0812. The molecule has 1 aliphatic rings. The minimum atomic E-state index is -0.242. The lowest BCUT2D eigenvalue weighted by Crippen LogP contribution is -2.35. The highest BCUT2D eigenvalue weighted by Crippen LogP contribution is 2.35. The number of halogens is 1. The Bertz CT molecular complexity index is 421. The van der Waals surface area contributed by atoms with Crippen LogP contribution in [0.3, 0.4) is 0 Å². The minimum Gasteiger partial charge on any atom is -0.494 e. The summed E-state index contributed by atoms with van der Waals surface area (Å²) in [5.41, 5.74) is 1.16. The Balaban J connectivity index is 1.89. The van der Waals surface area contributed by atoms with Gasteiger partial charge in [-0.2, -0.15) is 0 Å². The van der Waals surface area contributed by atoms with Crippen LogP contribution in [-0.4, -0.2) is 13.2 Å². The van der Waals surface area contributed by atoms with Gasteiger partial charge in [-0.1, -0.05) is 26.0 Å². The van der Waals surface area contributed by atoms with Crippen LogP contribution in [0.4, 0.5) is 4.39 Å². The molecule has 0 aliphatic heterocycles. The van der Waals surface area contributed by atoms with Gasteiger partial charge in [-0.25, -0.2) is 4.39 Å². The second kappa shape index (κ2) is 5.91. The maximum atomic E-state index is 14.0. The number of benzene rings is 1. The van der Waals surface area contributed by atoms with Crippen molar-refractivity contribution in [2.24, 2.45) is 5.41 Å². The third-order valence-corrected chi connectivity index (χ3v) is 4.18. The minimum absolute atomic E-state index is 0.242. The van der Waals surface area contributed by atoms with Crippen LogP contribution < -0.4 is 10.1 Å². The van der Waals surface area contributed by atoms with Gasteiger partial charge in [0, 0.05) is 18.2 Å². The van der Waals surface area contributed by atoms with Gasteiger partial charge >= 0.3 is 0 Å². The van der Waals surface area contributed by atoms with E-state index in [9.17, 15) is 4.39 Å². The first-order chi connectivity index (χ1) is 9.02. The van der Waals surface area contributed by atoms with E-state index >= 15 is 0 Å². The zero-order valence-electron chi connectivity index (χ0n) is 12.1. The summed E-state index contributed by atoms with van der Waals surface area (Å²) < 4.78 is 19.0. The molecule has 19 heavy (non-hydrogen) atoms. The van der Waals surface area contributed by atoms with Crippen LogP contribution in [-0.2, 0) is 6.54 Å². The van der Waals surface area contributed by atoms with Crippen LogP contribution in [0.2, 0.25) is 0 Å². The Labute approximate surface area is 115 Å². The van der Waals surface area contributed by atoms with Crippen molar-refractivity contribution in [3.8, 4) is 5.75 Å². The topological polar surface area (TPSA) is 21.3 Å². The van der Waals surface area contributed by atoms with Crippen LogP contribution >= 0.6 is 0 Å². The summed E-state index contributed by atoms with van der Waals surface area (Å²) in [5, 5.41) is 3.47. The molecule has 0 saturated heterocycles. The molecule has 0 spiro atoms. The molecule has 2 nitrogen and oxygen atoms in total. The molecule has 0 bridgehead atoms. The quantitative estimate of drug-likeness (QED) is 0.891. The Morgan fingerprint density at radius 3 is 2.63 bits per heavy atom. The van der Waals surface area contributed by atoms with Gasteiger partial charge < -0.3 is 10.1 Å². The summed E-state index contributed by atoms with van der Waals surface area (Å²) in [7, 11) is 1.50. The third-order valence-electron chi connectivity index (χ3n) is 4.18. The molecular weight excluding hydrogens is 241 g/mol. The molecule has 0 radical (unpaired) electrons. The predicted octanol–water partition coefficient (Wildman–Crippen LogP) is 3.89. The summed E-state index contributed by atoms with van der Waals surface area (Å²) in [4.78, 5) is 0. The lowest BCUT2D eigenvalue weighted by Gasteiger charge is -2.34. The van der Waals surface area contributed by atoms with Gasteiger partial charge in [0.05, 0.1) is 7.11 Å². The van der Waals surface area contributed by atoms with Crippen molar-refractivity contribution >= 4 is 0 Å². The standard InChI is InChI=1S/C16H24FNO/c1-16(2)9-7-13(8-10-16)18-11-12-5-4-6-14(19-3)15(12)17/h4-6,13,18H,7-11H2,1-3H3. The number of rotatable bonds is 4. The van der Waals surface area contributed by atoms with Crippen LogP contribution in [0.15, 0.2) is 18.2 Å². The molecule has 0 unspecified atom stereocenters. The molecule has 1 fully saturated rings. The van der Waals surface area contributed by atoms with E-state index in [0.29, 0.717) is 29.3 Å². The maximum absolute atomic E-state index is 14.0. The van der Waals surface area contributed by atoms with Gasteiger partial charge in [0.1, 0.15) is 0 Å². The second-order valence-corrected chi connectivity index (χ2v) is 6.25. The molecule has 0 heterocycles. The first kappa shape index (κ1) is 14.3. The van der Waals surface area contributed by atoms with Gasteiger partial charge in [-0.05, 0) is 37.2 Å². The molecule has 2 rings (SSSR count). The summed E-state index contributed by atoms with van der Waals surface area (Å²) in [6.07, 6.45) is 4.84. The average Bonchev–Trinajstić information content (AvgIpc) is 2.39. The lowest BCUT2D eigenvalue weighted by molar-refractivity contribution is 0.205. The van der Waals surface area contributed by atoms with E-state index in [1.54, 1.807) is 6.07 Å². The fraction of sp³-hybridized carbons (Fsp3) is 0.625. The van der Waals surface area contributed by atoms with E-state index in [4.69, 9.17) is 4.74 Å². The normalized spacial score (nSPS) is 19.4. The van der Waals surface area contributed by atoms with Crippen molar-refractivity contribution in [3.63, 3.8) is 0 Å². The van der Waals surface area contributed by atoms with Crippen molar-refractivity contribution in [1.82, 2.24) is 5.32 Å². The molecule has 0 amide bonds. The van der Waals surface area contributed by atoms with E-state index in [2.05, 4.69) is 19.2 Å². The summed E-state index contributed by atoms with van der Waals surface area (Å²) in [6.45, 7) is 5.23. The van der Waals surface area contributed by atoms with Gasteiger partial charge in [0.25, 0.3) is 0 Å². The highest BCUT2D eigenvalue weighted by molar-refractivity contribution is 5.30. The summed E-state index contributed by atoms with van der Waals surface area (Å²) in [6, 6.07) is 5.82. The van der Waals surface area contributed by atoms with E-state index in [1.807, 2.05) is 12.1 Å². The molecule has 1 aromatic rings. The maximum Gasteiger partial charge on any atom is 0.169 e. The molecule has 0 atom stereocenters. The van der Waals surface area contributed by atoms with Crippen LogP contribution in [0.5, 0.6) is 5.75 Å². The van der Waals surface area contributed by atoms with E-state index in [0.717, 1.165) is 0 Å². The molecule has 106 valence electrons. The Kier molecular flexibility index (Phi) is 4.46. The molecule has 1 aliphatic carbocycles. The lowest BCUT2D eigenvalue weighted by atomic mass is 9.75. The average molecular weight is 265 g/mol. The van der Waals surface area contributed by atoms with Crippen LogP contribution in [0, 0.1) is 11.2 Å². The first-order valence-corrected chi connectivity index (χ1v) is 7.06. The SMILES string of the molecule is COc1cccc(CNC2CCC(C)(C)CC2)c1F. The van der Waals surface area contributed by atoms with Crippen molar-refractivity contribution in [3.05, 3.63) is 29.6 Å². The van der Waals surface area contributed by atoms with Gasteiger partial charge in [0.15, 0.2) is 11.6 Å². The zero-order chi connectivity index (χ0) is 13.9. The number of hydrogen-bond donors (Lipinski definition) is 1. The van der Waals surface area contributed by atoms with Gasteiger partial charge in [0.2, 0.25) is 0 Å². The zero-order valence-corrected chi connectivity index (χ0v) is 12.1. The third kappa shape index (κ3) is 3.69. The van der Waals surface area contributed by atoms with E-state index in [-0.39, 0.29) is 5.82 Å². The number of nitrogens with one attached hydrogen (secondary N) is 1. The van der Waals surface area contributed by atoms with Crippen LogP contribution in [0.25, 0.3) is 0 Å². The Morgan fingerprint density at radius 1 is 1.32 bits per heavy atom. The monoisotopic (exact) mass is 265 g/mol. The van der Waals surface area contributed by atoms with E-state index in [1.165, 1.54) is 32.8 Å². The van der Waals surface area contributed by atoms with Crippen LogP contribution in [0.1, 0.15) is 45.1 Å². The smallest absolute Gasteiger partial charge is 0.169 e. The predicted molar refractivity (Wildman–Crippen MR) is 75.8 cm³/mol. The number of methoxy groups -OCH3 is 1. The van der Waals surface area contributed by atoms with Crippen molar-refractivity contribution in [2.75, 3.05) is 7.11 Å². The Morgan fingerprint density at radius 2 is 2.00 bits per heavy atom. The summed E-state index contributed by atoms with van der Waals surface area (Å²) >= 11 is 0. The van der Waals surface area contributed by atoms with Crippen molar-refractivity contribution in [1.29, 1.82) is 0 Å². The molecule has 1 aromatic carbocycles. The first-order valence-electron chi connectivity index (χ1n) is 7.06. The fourth-order valence-electron chi connectivity index (χ4n) is 2.71. The molecule has 0 aromatic heterocycles. The number of hydrogen-bond acceptors (Lipinski definition) is 2. The molecule has 1 N–H and O–H groups in total. The Hall–Kier alpha value is -1.09. The molecular formula is C16H24FNO. The molecule has 1 saturated carbocycles. The largest absolute Gasteiger partial charge is 0.494 e. The van der Waals surface area contributed by atoms with Gasteiger partial charge in [-0.15, -0.1) is 0 Å². The highest BCUT2D eigenvalue weighted by atomic mass is 19.1. The number of ether oxygens (including phenoxy) is 1.